The maximum Gasteiger partial charge on any atom is 0.353 e. The molecule has 116 valence electrons. The van der Waals surface area contributed by atoms with Crippen LogP contribution in [0.1, 0.15) is 20.3 Å². The predicted molar refractivity (Wildman–Crippen MR) is 76.2 cm³/mol. The molecule has 8 heteroatoms. The van der Waals surface area contributed by atoms with Gasteiger partial charge in [-0.2, -0.15) is 0 Å². The van der Waals surface area contributed by atoms with Gasteiger partial charge in [0.05, 0.1) is 18.1 Å². The van der Waals surface area contributed by atoms with Crippen molar-refractivity contribution in [3.05, 3.63) is 10.6 Å². The number of rotatable bonds is 6. The number of hydrogen-bond acceptors (Lipinski definition) is 5. The monoisotopic (exact) mass is 314 g/mol. The van der Waals surface area contributed by atoms with Gasteiger partial charge in [-0.25, -0.2) is 4.79 Å². The van der Waals surface area contributed by atoms with E-state index < -0.39 is 18.0 Å². The molecule has 3 N–H and O–H groups in total. The van der Waals surface area contributed by atoms with Crippen molar-refractivity contribution in [2.24, 2.45) is 5.92 Å². The van der Waals surface area contributed by atoms with Crippen LogP contribution in [0.3, 0.4) is 0 Å². The van der Waals surface area contributed by atoms with Crippen molar-refractivity contribution in [1.29, 1.82) is 0 Å². The molecule has 0 radical (unpaired) electrons. The maximum atomic E-state index is 12.0. The molecule has 0 spiro atoms. The second-order valence-corrected chi connectivity index (χ2v) is 6.34. The molecule has 2 aliphatic rings. The summed E-state index contributed by atoms with van der Waals surface area (Å²) in [6, 6.07) is -0.258. The molecule has 0 bridgehead atoms. The van der Waals surface area contributed by atoms with Crippen molar-refractivity contribution in [1.82, 2.24) is 10.2 Å². The Labute approximate surface area is 126 Å². The number of fused-ring (bicyclic) bond motifs is 1. The van der Waals surface area contributed by atoms with E-state index in [1.807, 2.05) is 0 Å². The number of aliphatic carboxylic acids is 1. The van der Waals surface area contributed by atoms with Gasteiger partial charge < -0.3 is 20.4 Å². The van der Waals surface area contributed by atoms with Gasteiger partial charge in [-0.1, -0.05) is 0 Å². The zero-order chi connectivity index (χ0) is 15.7. The number of β-lactam (4-membered cyclic amide) rings is 1. The first-order valence-corrected chi connectivity index (χ1v) is 7.68. The highest BCUT2D eigenvalue weighted by atomic mass is 32.2. The van der Waals surface area contributed by atoms with Crippen LogP contribution in [0, 0.1) is 5.92 Å². The van der Waals surface area contributed by atoms with Gasteiger partial charge in [0.15, 0.2) is 0 Å². The Balaban J connectivity index is 2.04. The quantitative estimate of drug-likeness (QED) is 0.461. The van der Waals surface area contributed by atoms with Gasteiger partial charge >= 0.3 is 5.97 Å². The lowest BCUT2D eigenvalue weighted by molar-refractivity contribution is -0.161. The second-order valence-electron chi connectivity index (χ2n) is 5.15. The van der Waals surface area contributed by atoms with Gasteiger partial charge in [-0.15, -0.1) is 11.8 Å². The maximum absolute atomic E-state index is 12.0. The number of carboxylic acid groups (broad SMARTS) is 1. The van der Waals surface area contributed by atoms with Crippen LogP contribution in [0.4, 0.5) is 0 Å². The minimum atomic E-state index is -1.13. The molecule has 0 aromatic heterocycles. The first-order chi connectivity index (χ1) is 9.84. The number of aliphatic hydroxyl groups excluding tert-OH is 1. The van der Waals surface area contributed by atoms with E-state index in [9.17, 15) is 24.6 Å². The van der Waals surface area contributed by atoms with E-state index in [4.69, 9.17) is 0 Å². The number of amides is 2. The summed E-state index contributed by atoms with van der Waals surface area (Å²) in [6.45, 7) is 3.40. The Bertz CT molecular complexity index is 517. The summed E-state index contributed by atoms with van der Waals surface area (Å²) in [7, 11) is 0. The summed E-state index contributed by atoms with van der Waals surface area (Å²) < 4.78 is 0. The molecular formula is C13H18N2O5S. The van der Waals surface area contributed by atoms with Gasteiger partial charge in [0.2, 0.25) is 11.8 Å². The lowest BCUT2D eigenvalue weighted by atomic mass is 9.83. The molecule has 0 saturated carbocycles. The number of carbonyl (C=O) groups is 3. The van der Waals surface area contributed by atoms with Crippen LogP contribution in [0.25, 0.3) is 0 Å². The fraction of sp³-hybridized carbons (Fsp3) is 0.615. The van der Waals surface area contributed by atoms with Gasteiger partial charge in [0, 0.05) is 30.5 Å². The topological polar surface area (TPSA) is 107 Å². The number of thioether (sulfide) groups is 1. The summed E-state index contributed by atoms with van der Waals surface area (Å²) in [5.41, 5.74) is 0.0229. The summed E-state index contributed by atoms with van der Waals surface area (Å²) >= 11 is 1.33. The largest absolute Gasteiger partial charge is 0.477 e. The van der Waals surface area contributed by atoms with E-state index in [1.54, 1.807) is 6.92 Å². The predicted octanol–water partition coefficient (Wildman–Crippen LogP) is -0.237. The molecular weight excluding hydrogens is 296 g/mol. The molecule has 2 heterocycles. The smallest absolute Gasteiger partial charge is 0.353 e. The Morgan fingerprint density at radius 1 is 1.52 bits per heavy atom. The standard InChI is InChI=1S/C13H18N2O5S/c1-6(16)10-8-5-9(21-4-3-14-7(2)17)11(13(19)20)15(8)12(10)18/h6,8,10,16H,3-5H2,1-2H3,(H,14,17)(H,19,20)/t6-,8+,10-/m0/s1. The lowest BCUT2D eigenvalue weighted by Gasteiger charge is -2.44. The number of hydrogen-bond donors (Lipinski definition) is 3. The molecule has 0 aliphatic carbocycles. The third-order valence-electron chi connectivity index (χ3n) is 3.64. The van der Waals surface area contributed by atoms with Crippen molar-refractivity contribution in [3.8, 4) is 0 Å². The van der Waals surface area contributed by atoms with Crippen molar-refractivity contribution in [2.75, 3.05) is 12.3 Å². The molecule has 7 nitrogen and oxygen atoms in total. The summed E-state index contributed by atoms with van der Waals surface area (Å²) in [6.07, 6.45) is -0.328. The SMILES string of the molecule is CC(=O)NCCSC1=C(C(=O)O)N2C(=O)[C@@H]([C@H](C)O)[C@H]2C1. The highest BCUT2D eigenvalue weighted by Crippen LogP contribution is 2.46. The Morgan fingerprint density at radius 2 is 2.19 bits per heavy atom. The Kier molecular flexibility index (Phi) is 4.58. The number of carboxylic acids is 1. The fourth-order valence-corrected chi connectivity index (χ4v) is 3.82. The van der Waals surface area contributed by atoms with Crippen LogP contribution in [-0.2, 0) is 14.4 Å². The van der Waals surface area contributed by atoms with Gasteiger partial charge in [0.1, 0.15) is 5.70 Å². The van der Waals surface area contributed by atoms with E-state index in [1.165, 1.54) is 23.6 Å². The zero-order valence-electron chi connectivity index (χ0n) is 11.8. The molecule has 1 fully saturated rings. The zero-order valence-corrected chi connectivity index (χ0v) is 12.6. The van der Waals surface area contributed by atoms with Crippen LogP contribution < -0.4 is 5.32 Å². The highest BCUT2D eigenvalue weighted by molar-refractivity contribution is 8.03. The first-order valence-electron chi connectivity index (χ1n) is 6.69. The summed E-state index contributed by atoms with van der Waals surface area (Å²) in [4.78, 5) is 36.0. The molecule has 0 aromatic rings. The van der Waals surface area contributed by atoms with Crippen molar-refractivity contribution < 1.29 is 24.6 Å². The summed E-state index contributed by atoms with van der Waals surface area (Å²) in [5.74, 6) is -1.57. The van der Waals surface area contributed by atoms with E-state index in [2.05, 4.69) is 5.32 Å². The van der Waals surface area contributed by atoms with Crippen LogP contribution in [-0.4, -0.2) is 57.3 Å². The lowest BCUT2D eigenvalue weighted by Crippen LogP contribution is -2.61. The second kappa shape index (κ2) is 6.07. The third-order valence-corrected chi connectivity index (χ3v) is 4.76. The van der Waals surface area contributed by atoms with Gasteiger partial charge in [0.25, 0.3) is 0 Å². The molecule has 3 atom stereocenters. The molecule has 0 aromatic carbocycles. The third kappa shape index (κ3) is 2.91. The Morgan fingerprint density at radius 3 is 2.71 bits per heavy atom. The average Bonchev–Trinajstić information content (AvgIpc) is 2.68. The first kappa shape index (κ1) is 15.8. The molecule has 1 saturated heterocycles. The van der Waals surface area contributed by atoms with Crippen molar-refractivity contribution in [2.45, 2.75) is 32.4 Å². The molecule has 2 rings (SSSR count). The van der Waals surface area contributed by atoms with Crippen LogP contribution in [0.2, 0.25) is 0 Å². The minimum Gasteiger partial charge on any atom is -0.477 e. The minimum absolute atomic E-state index is 0.0229. The van der Waals surface area contributed by atoms with E-state index in [0.717, 1.165) is 0 Å². The number of aliphatic hydroxyl groups is 1. The molecule has 0 unspecified atom stereocenters. The van der Waals surface area contributed by atoms with Gasteiger partial charge in [-0.3, -0.25) is 9.59 Å². The van der Waals surface area contributed by atoms with E-state index in [-0.39, 0.29) is 23.6 Å². The van der Waals surface area contributed by atoms with Gasteiger partial charge in [-0.05, 0) is 6.92 Å². The number of carbonyl (C=O) groups excluding carboxylic acids is 2. The van der Waals surface area contributed by atoms with Crippen LogP contribution >= 0.6 is 11.8 Å². The normalized spacial score (nSPS) is 25.5. The van der Waals surface area contributed by atoms with Crippen LogP contribution in [0.5, 0.6) is 0 Å². The number of nitrogens with one attached hydrogen (secondary N) is 1. The molecule has 2 aliphatic heterocycles. The van der Waals surface area contributed by atoms with Crippen molar-refractivity contribution >= 4 is 29.5 Å². The molecule has 2 amide bonds. The molecule has 21 heavy (non-hydrogen) atoms. The van der Waals surface area contributed by atoms with E-state index >= 15 is 0 Å². The van der Waals surface area contributed by atoms with Crippen molar-refractivity contribution in [3.63, 3.8) is 0 Å². The average molecular weight is 314 g/mol. The van der Waals surface area contributed by atoms with Crippen LogP contribution in [0.15, 0.2) is 10.6 Å². The fourth-order valence-electron chi connectivity index (χ4n) is 2.76. The highest BCUT2D eigenvalue weighted by Gasteiger charge is 2.56. The summed E-state index contributed by atoms with van der Waals surface area (Å²) in [5, 5.41) is 21.5. The van der Waals surface area contributed by atoms with E-state index in [0.29, 0.717) is 23.6 Å². The Hall–Kier alpha value is -1.54. The number of nitrogens with zero attached hydrogens (tertiary/aromatic N) is 1.